The number of nitrogens with zero attached hydrogens (tertiary/aromatic N) is 3. The smallest absolute Gasteiger partial charge is 0.225 e. The Kier molecular flexibility index (Phi) is 3.15. The van der Waals surface area contributed by atoms with Crippen molar-refractivity contribution >= 4 is 39.5 Å². The summed E-state index contributed by atoms with van der Waals surface area (Å²) in [6, 6.07) is 4.72. The largest absolute Gasteiger partial charge is 0.445 e. The van der Waals surface area contributed by atoms with E-state index >= 15 is 0 Å². The molecule has 0 N–H and O–H groups in total. The van der Waals surface area contributed by atoms with Gasteiger partial charge >= 0.3 is 6.18 Å². The Balaban J connectivity index is 2.19. The van der Waals surface area contributed by atoms with Gasteiger partial charge in [-0.2, -0.15) is 13.2 Å². The molecule has 2 aromatic heterocycles. The lowest BCUT2D eigenvalue weighted by molar-refractivity contribution is -0.138. The van der Waals surface area contributed by atoms with Crippen LogP contribution in [0, 0.1) is 0 Å². The Morgan fingerprint density at radius 3 is 2.60 bits per heavy atom. The van der Waals surface area contributed by atoms with E-state index in [4.69, 9.17) is 23.2 Å². The normalized spacial score (nSPS) is 12.2. The average molecular weight is 338 g/mol. The minimum Gasteiger partial charge on any atom is -0.225 e. The Hall–Kier alpha value is -1.31. The number of halogens is 5. The fourth-order valence-electron chi connectivity index (χ4n) is 1.69. The Labute approximate surface area is 124 Å². The van der Waals surface area contributed by atoms with E-state index in [1.807, 2.05) is 0 Å². The lowest BCUT2D eigenvalue weighted by Crippen LogP contribution is -2.05. The molecule has 0 unspecified atom stereocenters. The second-order valence-electron chi connectivity index (χ2n) is 3.87. The van der Waals surface area contributed by atoms with Gasteiger partial charge in [-0.25, -0.2) is 9.50 Å². The van der Waals surface area contributed by atoms with Crippen molar-refractivity contribution in [3.63, 3.8) is 0 Å². The topological polar surface area (TPSA) is 30.2 Å². The van der Waals surface area contributed by atoms with E-state index in [0.29, 0.717) is 32.6 Å². The fourth-order valence-corrected chi connectivity index (χ4v) is 2.94. The van der Waals surface area contributed by atoms with Crippen molar-refractivity contribution in [2.75, 3.05) is 0 Å². The maximum absolute atomic E-state index is 12.6. The predicted octanol–water partition coefficient (Wildman–Crippen LogP) is 4.78. The highest BCUT2D eigenvalue weighted by Crippen LogP contribution is 2.36. The van der Waals surface area contributed by atoms with Crippen LogP contribution >= 0.6 is 34.5 Å². The van der Waals surface area contributed by atoms with Gasteiger partial charge in [0.05, 0.1) is 16.9 Å². The first kappa shape index (κ1) is 13.7. The molecule has 0 amide bonds. The molecule has 3 aromatic rings. The summed E-state index contributed by atoms with van der Waals surface area (Å²) < 4.78 is 39.0. The molecular weight excluding hydrogens is 334 g/mol. The third kappa shape index (κ3) is 2.25. The van der Waals surface area contributed by atoms with E-state index in [0.717, 1.165) is 4.52 Å². The van der Waals surface area contributed by atoms with E-state index in [2.05, 4.69) is 10.1 Å². The summed E-state index contributed by atoms with van der Waals surface area (Å²) in [4.78, 5) is 4.07. The van der Waals surface area contributed by atoms with Crippen molar-refractivity contribution in [2.45, 2.75) is 6.18 Å². The molecule has 3 rings (SSSR count). The van der Waals surface area contributed by atoms with Crippen LogP contribution in [0.25, 0.3) is 16.2 Å². The first-order valence-corrected chi connectivity index (χ1v) is 6.80. The quantitative estimate of drug-likeness (QED) is 0.639. The van der Waals surface area contributed by atoms with Crippen molar-refractivity contribution in [1.82, 2.24) is 14.6 Å². The molecule has 0 radical (unpaired) electrons. The molecular formula is C11H4Cl2F3N3S. The lowest BCUT2D eigenvalue weighted by atomic mass is 10.2. The monoisotopic (exact) mass is 337 g/mol. The van der Waals surface area contributed by atoms with E-state index in [1.165, 1.54) is 12.3 Å². The van der Waals surface area contributed by atoms with Gasteiger partial charge < -0.3 is 0 Å². The highest BCUT2D eigenvalue weighted by molar-refractivity contribution is 7.16. The van der Waals surface area contributed by atoms with Crippen LogP contribution < -0.4 is 0 Å². The van der Waals surface area contributed by atoms with E-state index in [9.17, 15) is 13.2 Å². The summed E-state index contributed by atoms with van der Waals surface area (Å²) in [5.41, 5.74) is 0.899. The van der Waals surface area contributed by atoms with Crippen LogP contribution in [-0.2, 0) is 6.18 Å². The van der Waals surface area contributed by atoms with Gasteiger partial charge in [-0.3, -0.25) is 0 Å². The number of aromatic nitrogens is 3. The zero-order chi connectivity index (χ0) is 14.5. The maximum Gasteiger partial charge on any atom is 0.445 e. The van der Waals surface area contributed by atoms with Crippen molar-refractivity contribution < 1.29 is 13.2 Å². The van der Waals surface area contributed by atoms with Gasteiger partial charge in [0.25, 0.3) is 0 Å². The number of hydrogen-bond acceptors (Lipinski definition) is 3. The minimum absolute atomic E-state index is 0.151. The SMILES string of the molecule is FC(F)(F)c1nn2c(-c3ccc(Cl)cc3Cl)cnc2s1. The molecule has 1 aromatic carbocycles. The Morgan fingerprint density at radius 1 is 1.20 bits per heavy atom. The van der Waals surface area contributed by atoms with Crippen molar-refractivity contribution in [3.8, 4) is 11.3 Å². The number of alkyl halides is 3. The molecule has 0 bridgehead atoms. The summed E-state index contributed by atoms with van der Waals surface area (Å²) in [7, 11) is 0. The molecule has 0 spiro atoms. The minimum atomic E-state index is -4.49. The lowest BCUT2D eigenvalue weighted by Gasteiger charge is -2.03. The van der Waals surface area contributed by atoms with Gasteiger partial charge in [-0.05, 0) is 18.2 Å². The molecule has 0 saturated carbocycles. The van der Waals surface area contributed by atoms with Crippen LogP contribution in [0.5, 0.6) is 0 Å². The van der Waals surface area contributed by atoms with Crippen molar-refractivity contribution in [3.05, 3.63) is 39.4 Å². The van der Waals surface area contributed by atoms with E-state index in [-0.39, 0.29) is 4.96 Å². The molecule has 0 aliphatic heterocycles. The van der Waals surface area contributed by atoms with Crippen LogP contribution in [0.3, 0.4) is 0 Å². The first-order valence-electron chi connectivity index (χ1n) is 5.23. The molecule has 0 aliphatic carbocycles. The van der Waals surface area contributed by atoms with Gasteiger partial charge in [0.1, 0.15) is 0 Å². The van der Waals surface area contributed by atoms with Crippen LogP contribution in [0.2, 0.25) is 10.0 Å². The molecule has 3 nitrogen and oxygen atoms in total. The van der Waals surface area contributed by atoms with Crippen LogP contribution in [0.15, 0.2) is 24.4 Å². The fraction of sp³-hybridized carbons (Fsp3) is 0.0909. The summed E-state index contributed by atoms with van der Waals surface area (Å²) >= 11 is 12.3. The standard InChI is InChI=1S/C11H4Cl2F3N3S/c12-5-1-2-6(7(13)3-5)8-4-17-10-19(8)18-9(20-10)11(14,15)16/h1-4H. The first-order chi connectivity index (χ1) is 9.36. The Morgan fingerprint density at radius 2 is 1.95 bits per heavy atom. The summed E-state index contributed by atoms with van der Waals surface area (Å²) in [5, 5.41) is 3.35. The predicted molar refractivity (Wildman–Crippen MR) is 71.3 cm³/mol. The molecule has 0 aliphatic rings. The molecule has 0 fully saturated rings. The molecule has 0 atom stereocenters. The van der Waals surface area contributed by atoms with Crippen LogP contribution in [0.1, 0.15) is 5.01 Å². The third-order valence-electron chi connectivity index (χ3n) is 2.54. The van der Waals surface area contributed by atoms with Crippen LogP contribution in [0.4, 0.5) is 13.2 Å². The zero-order valence-electron chi connectivity index (χ0n) is 9.45. The number of imidazole rings is 1. The molecule has 0 saturated heterocycles. The second kappa shape index (κ2) is 4.61. The summed E-state index contributed by atoms with van der Waals surface area (Å²) in [5.74, 6) is 0. The van der Waals surface area contributed by atoms with Gasteiger partial charge in [-0.1, -0.05) is 34.5 Å². The summed E-state index contributed by atoms with van der Waals surface area (Å²) in [6.07, 6.45) is -3.07. The zero-order valence-corrected chi connectivity index (χ0v) is 11.8. The third-order valence-corrected chi connectivity index (χ3v) is 4.05. The van der Waals surface area contributed by atoms with E-state index < -0.39 is 11.2 Å². The number of benzene rings is 1. The van der Waals surface area contributed by atoms with Gasteiger partial charge in [0.15, 0.2) is 0 Å². The maximum atomic E-state index is 12.6. The average Bonchev–Trinajstić information content (AvgIpc) is 2.88. The highest BCUT2D eigenvalue weighted by atomic mass is 35.5. The molecule has 2 heterocycles. The van der Waals surface area contributed by atoms with Gasteiger partial charge in [0, 0.05) is 10.6 Å². The molecule has 9 heteroatoms. The highest BCUT2D eigenvalue weighted by Gasteiger charge is 2.36. The number of fused-ring (bicyclic) bond motifs is 1. The van der Waals surface area contributed by atoms with Gasteiger partial charge in [0.2, 0.25) is 9.97 Å². The molecule has 104 valence electrons. The molecule has 20 heavy (non-hydrogen) atoms. The second-order valence-corrected chi connectivity index (χ2v) is 5.67. The van der Waals surface area contributed by atoms with Crippen LogP contribution in [-0.4, -0.2) is 14.6 Å². The Bertz CT molecular complexity index is 794. The van der Waals surface area contributed by atoms with E-state index in [1.54, 1.807) is 12.1 Å². The van der Waals surface area contributed by atoms with Gasteiger partial charge in [-0.15, -0.1) is 5.10 Å². The number of hydrogen-bond donors (Lipinski definition) is 0. The van der Waals surface area contributed by atoms with Crippen molar-refractivity contribution in [1.29, 1.82) is 0 Å². The van der Waals surface area contributed by atoms with Crippen molar-refractivity contribution in [2.24, 2.45) is 0 Å². The number of rotatable bonds is 1. The summed E-state index contributed by atoms with van der Waals surface area (Å²) in [6.45, 7) is 0.